The molecule has 0 amide bonds. The minimum Gasteiger partial charge on any atom is -0.393 e. The van der Waals surface area contributed by atoms with E-state index in [9.17, 15) is 9.90 Å². The van der Waals surface area contributed by atoms with Gasteiger partial charge in [0.2, 0.25) is 0 Å². The van der Waals surface area contributed by atoms with E-state index in [0.29, 0.717) is 37.3 Å². The third kappa shape index (κ3) is 1.02. The Bertz CT molecular complexity index is 308. The van der Waals surface area contributed by atoms with Crippen molar-refractivity contribution in [3.63, 3.8) is 0 Å². The van der Waals surface area contributed by atoms with Crippen LogP contribution >= 0.6 is 0 Å². The second-order valence-corrected chi connectivity index (χ2v) is 2.89. The van der Waals surface area contributed by atoms with Gasteiger partial charge in [-0.25, -0.2) is 0 Å². The summed E-state index contributed by atoms with van der Waals surface area (Å²) in [5.41, 5.74) is 0. The van der Waals surface area contributed by atoms with Crippen molar-refractivity contribution in [3.05, 3.63) is 11.6 Å². The van der Waals surface area contributed by atoms with Crippen LogP contribution in [0.5, 0.6) is 0 Å². The van der Waals surface area contributed by atoms with Gasteiger partial charge in [-0.1, -0.05) is 0 Å². The number of aliphatic hydroxyl groups excluding tert-OH is 1. The third-order valence-electron chi connectivity index (χ3n) is 2.07. The first-order chi connectivity index (χ1) is 5.81. The van der Waals surface area contributed by atoms with Crippen molar-refractivity contribution in [2.45, 2.75) is 25.5 Å². The van der Waals surface area contributed by atoms with Crippen molar-refractivity contribution in [1.82, 2.24) is 14.8 Å². The molecule has 0 aliphatic carbocycles. The van der Waals surface area contributed by atoms with Crippen LogP contribution in [0.25, 0.3) is 0 Å². The average Bonchev–Trinajstić information content (AvgIpc) is 2.46. The van der Waals surface area contributed by atoms with Gasteiger partial charge in [-0.3, -0.25) is 4.79 Å². The Morgan fingerprint density at radius 2 is 2.42 bits per heavy atom. The predicted octanol–water partition coefficient (Wildman–Crippen LogP) is -0.602. The van der Waals surface area contributed by atoms with Crippen molar-refractivity contribution in [2.75, 3.05) is 0 Å². The van der Waals surface area contributed by atoms with Crippen LogP contribution in [0.4, 0.5) is 0 Å². The molecule has 2 rings (SSSR count). The molecule has 0 saturated heterocycles. The Labute approximate surface area is 69.0 Å². The summed E-state index contributed by atoms with van der Waals surface area (Å²) in [7, 11) is 0. The molecule has 2 heterocycles. The van der Waals surface area contributed by atoms with E-state index in [2.05, 4.69) is 10.2 Å². The van der Waals surface area contributed by atoms with Gasteiger partial charge in [0.15, 0.2) is 12.1 Å². The maximum atomic E-state index is 10.4. The van der Waals surface area contributed by atoms with Crippen molar-refractivity contribution in [3.8, 4) is 0 Å². The fraction of sp³-hybridized carbons (Fsp3) is 0.571. The number of hydrogen-bond acceptors (Lipinski definition) is 4. The normalized spacial score (nSPS) is 21.9. The topological polar surface area (TPSA) is 68.0 Å². The lowest BCUT2D eigenvalue weighted by Crippen LogP contribution is -2.24. The highest BCUT2D eigenvalue weighted by molar-refractivity contribution is 5.69. The maximum Gasteiger partial charge on any atom is 0.196 e. The van der Waals surface area contributed by atoms with Gasteiger partial charge in [0.05, 0.1) is 6.10 Å². The first kappa shape index (κ1) is 7.42. The number of rotatable bonds is 1. The van der Waals surface area contributed by atoms with Crippen molar-refractivity contribution in [2.24, 2.45) is 0 Å². The van der Waals surface area contributed by atoms with Crippen molar-refractivity contribution >= 4 is 6.29 Å². The van der Waals surface area contributed by atoms with E-state index < -0.39 is 0 Å². The smallest absolute Gasteiger partial charge is 0.196 e. The van der Waals surface area contributed by atoms with E-state index in [1.807, 2.05) is 0 Å². The van der Waals surface area contributed by atoms with Crippen LogP contribution in [0.15, 0.2) is 0 Å². The zero-order valence-corrected chi connectivity index (χ0v) is 6.47. The first-order valence-corrected chi connectivity index (χ1v) is 3.86. The van der Waals surface area contributed by atoms with Gasteiger partial charge in [0, 0.05) is 13.0 Å². The standard InChI is InChI=1S/C7H9N3O2/c11-4-7-9-8-6-3-5(12)1-2-10(6)7/h4-5,12H,1-3H2. The Balaban J connectivity index is 2.38. The molecule has 0 fully saturated rings. The van der Waals surface area contributed by atoms with Crippen LogP contribution in [0.3, 0.4) is 0 Å². The number of hydrogen-bond donors (Lipinski definition) is 1. The monoisotopic (exact) mass is 167 g/mol. The molecule has 0 spiro atoms. The fourth-order valence-corrected chi connectivity index (χ4v) is 1.42. The van der Waals surface area contributed by atoms with Gasteiger partial charge in [0.25, 0.3) is 0 Å². The highest BCUT2D eigenvalue weighted by Gasteiger charge is 2.20. The van der Waals surface area contributed by atoms with Crippen LogP contribution in [0.1, 0.15) is 22.9 Å². The number of aromatic nitrogens is 3. The summed E-state index contributed by atoms with van der Waals surface area (Å²) in [6.07, 6.45) is 1.53. The fourth-order valence-electron chi connectivity index (χ4n) is 1.42. The second-order valence-electron chi connectivity index (χ2n) is 2.89. The molecule has 0 bridgehead atoms. The minimum absolute atomic E-state index is 0.332. The largest absolute Gasteiger partial charge is 0.393 e. The molecule has 1 aromatic rings. The molecule has 1 aromatic heterocycles. The number of fused-ring (bicyclic) bond motifs is 1. The van der Waals surface area contributed by atoms with E-state index in [1.165, 1.54) is 0 Å². The summed E-state index contributed by atoms with van der Waals surface area (Å²) < 4.78 is 1.75. The van der Waals surface area contributed by atoms with Crippen LogP contribution in [-0.2, 0) is 13.0 Å². The minimum atomic E-state index is -0.332. The number of aliphatic hydroxyl groups is 1. The molecule has 1 aliphatic rings. The lowest BCUT2D eigenvalue weighted by atomic mass is 10.1. The molecule has 1 atom stereocenters. The maximum absolute atomic E-state index is 10.4. The van der Waals surface area contributed by atoms with Gasteiger partial charge in [-0.2, -0.15) is 0 Å². The van der Waals surface area contributed by atoms with E-state index in [1.54, 1.807) is 4.57 Å². The zero-order valence-electron chi connectivity index (χ0n) is 6.47. The van der Waals surface area contributed by atoms with Crippen LogP contribution in [0.2, 0.25) is 0 Å². The van der Waals surface area contributed by atoms with E-state index in [0.717, 1.165) is 0 Å². The first-order valence-electron chi connectivity index (χ1n) is 3.86. The Hall–Kier alpha value is -1.23. The molecule has 0 radical (unpaired) electrons. The number of aldehydes is 1. The summed E-state index contributed by atoms with van der Waals surface area (Å²) in [6, 6.07) is 0. The lowest BCUT2D eigenvalue weighted by Gasteiger charge is -2.17. The summed E-state index contributed by atoms with van der Waals surface area (Å²) in [6.45, 7) is 0.636. The van der Waals surface area contributed by atoms with Gasteiger partial charge >= 0.3 is 0 Å². The molecule has 1 N–H and O–H groups in total. The van der Waals surface area contributed by atoms with E-state index >= 15 is 0 Å². The van der Waals surface area contributed by atoms with Gasteiger partial charge in [-0.05, 0) is 6.42 Å². The lowest BCUT2D eigenvalue weighted by molar-refractivity contribution is 0.110. The van der Waals surface area contributed by atoms with E-state index in [4.69, 9.17) is 0 Å². The highest BCUT2D eigenvalue weighted by Crippen LogP contribution is 2.13. The number of carbonyl (C=O) groups excluding carboxylic acids is 1. The Morgan fingerprint density at radius 3 is 3.17 bits per heavy atom. The molecule has 64 valence electrons. The van der Waals surface area contributed by atoms with Crippen molar-refractivity contribution in [1.29, 1.82) is 0 Å². The molecule has 5 heteroatoms. The third-order valence-corrected chi connectivity index (χ3v) is 2.07. The van der Waals surface area contributed by atoms with Crippen molar-refractivity contribution < 1.29 is 9.90 Å². The Morgan fingerprint density at radius 1 is 1.58 bits per heavy atom. The van der Waals surface area contributed by atoms with Crippen LogP contribution < -0.4 is 0 Å². The predicted molar refractivity (Wildman–Crippen MR) is 39.7 cm³/mol. The molecule has 1 aliphatic heterocycles. The summed E-state index contributed by atoms with van der Waals surface area (Å²) in [4.78, 5) is 10.4. The highest BCUT2D eigenvalue weighted by atomic mass is 16.3. The summed E-state index contributed by atoms with van der Waals surface area (Å²) >= 11 is 0. The van der Waals surface area contributed by atoms with Crippen LogP contribution in [-0.4, -0.2) is 32.3 Å². The molecular formula is C7H9N3O2. The molecule has 0 aromatic carbocycles. The Kier molecular flexibility index (Phi) is 1.65. The number of carbonyl (C=O) groups is 1. The van der Waals surface area contributed by atoms with E-state index in [-0.39, 0.29) is 6.10 Å². The summed E-state index contributed by atoms with van der Waals surface area (Å²) in [5, 5.41) is 16.8. The number of nitrogens with zero attached hydrogens (tertiary/aromatic N) is 3. The average molecular weight is 167 g/mol. The molecule has 5 nitrogen and oxygen atoms in total. The van der Waals surface area contributed by atoms with Gasteiger partial charge in [0.1, 0.15) is 5.82 Å². The zero-order chi connectivity index (χ0) is 8.55. The molecule has 12 heavy (non-hydrogen) atoms. The molecule has 1 unspecified atom stereocenters. The van der Waals surface area contributed by atoms with Gasteiger partial charge < -0.3 is 9.67 Å². The SMILES string of the molecule is O=Cc1nnc2n1CCC(O)C2. The van der Waals surface area contributed by atoms with Crippen LogP contribution in [0, 0.1) is 0 Å². The molecule has 0 saturated carbocycles. The second kappa shape index (κ2) is 2.67. The summed E-state index contributed by atoms with van der Waals surface area (Å²) in [5.74, 6) is 1.06. The molecular weight excluding hydrogens is 158 g/mol. The quantitative estimate of drug-likeness (QED) is 0.567. The van der Waals surface area contributed by atoms with Gasteiger partial charge in [-0.15, -0.1) is 10.2 Å².